The van der Waals surface area contributed by atoms with Gasteiger partial charge in [0, 0.05) is 23.2 Å². The molecule has 2 rings (SSSR count). The molecule has 2 N–H and O–H groups in total. The predicted octanol–water partition coefficient (Wildman–Crippen LogP) is 3.30. The van der Waals surface area contributed by atoms with Gasteiger partial charge >= 0.3 is 0 Å². The van der Waals surface area contributed by atoms with Gasteiger partial charge in [0.1, 0.15) is 12.0 Å². The number of amides is 1. The number of hydrogen-bond donors (Lipinski definition) is 2. The molecular weight excluding hydrogens is 353 g/mol. The normalized spacial score (nSPS) is 24.2. The lowest BCUT2D eigenvalue weighted by Gasteiger charge is -2.11. The monoisotopic (exact) mass is 375 g/mol. The minimum atomic E-state index is -0.786. The van der Waals surface area contributed by atoms with Crippen LogP contribution in [0.4, 0.5) is 4.39 Å². The summed E-state index contributed by atoms with van der Waals surface area (Å²) in [5, 5.41) is 12.4. The van der Waals surface area contributed by atoms with Crippen LogP contribution in [0.15, 0.2) is 63.7 Å². The lowest BCUT2D eigenvalue weighted by Crippen LogP contribution is -2.23. The summed E-state index contributed by atoms with van der Waals surface area (Å²) in [6, 6.07) is 4.45. The minimum absolute atomic E-state index is 0.0203. The SMILES string of the molecule is C\C1=C/C=C(NC(=O)c2cc(SN(C)C)ccc2F)\C=C/C=N/[C@H](O)C1. The van der Waals surface area contributed by atoms with Crippen LogP contribution in [0.2, 0.25) is 0 Å². The molecular formula is C19H22FN3O2S. The Bertz CT molecular complexity index is 785. The summed E-state index contributed by atoms with van der Waals surface area (Å²) in [5.74, 6) is -1.11. The van der Waals surface area contributed by atoms with Gasteiger partial charge in [-0.2, -0.15) is 0 Å². The number of carbonyl (C=O) groups is 1. The summed E-state index contributed by atoms with van der Waals surface area (Å²) in [6.45, 7) is 1.86. The maximum absolute atomic E-state index is 14.1. The van der Waals surface area contributed by atoms with Crippen LogP contribution < -0.4 is 5.32 Å². The van der Waals surface area contributed by atoms with Crippen molar-refractivity contribution in [1.82, 2.24) is 9.62 Å². The lowest BCUT2D eigenvalue weighted by atomic mass is 10.1. The molecule has 138 valence electrons. The second kappa shape index (κ2) is 9.47. The third-order valence-electron chi connectivity index (χ3n) is 3.40. The number of benzene rings is 1. The molecule has 1 heterocycles. The Labute approximate surface area is 157 Å². The molecule has 1 aromatic carbocycles. The van der Waals surface area contributed by atoms with Crippen molar-refractivity contribution in [2.45, 2.75) is 24.5 Å². The summed E-state index contributed by atoms with van der Waals surface area (Å²) < 4.78 is 16.0. The molecule has 7 heteroatoms. The summed E-state index contributed by atoms with van der Waals surface area (Å²) >= 11 is 1.40. The maximum Gasteiger partial charge on any atom is 0.258 e. The molecule has 1 aliphatic rings. The quantitative estimate of drug-likeness (QED) is 0.793. The van der Waals surface area contributed by atoms with E-state index in [0.717, 1.165) is 10.5 Å². The van der Waals surface area contributed by atoms with Crippen LogP contribution in [-0.2, 0) is 0 Å². The van der Waals surface area contributed by atoms with Crippen LogP contribution in [0.3, 0.4) is 0 Å². The number of halogens is 1. The molecule has 0 spiro atoms. The van der Waals surface area contributed by atoms with Gasteiger partial charge in [-0.25, -0.2) is 4.39 Å². The van der Waals surface area contributed by atoms with E-state index in [0.29, 0.717) is 12.1 Å². The van der Waals surface area contributed by atoms with E-state index >= 15 is 0 Å². The highest BCUT2D eigenvalue weighted by atomic mass is 32.2. The van der Waals surface area contributed by atoms with Crippen molar-refractivity contribution in [2.24, 2.45) is 4.99 Å². The first-order chi connectivity index (χ1) is 12.3. The Kier molecular flexibility index (Phi) is 7.32. The van der Waals surface area contributed by atoms with Crippen LogP contribution in [-0.4, -0.2) is 41.9 Å². The Morgan fingerprint density at radius 1 is 1.38 bits per heavy atom. The van der Waals surface area contributed by atoms with Gasteiger partial charge in [0.05, 0.1) is 5.56 Å². The van der Waals surface area contributed by atoms with Crippen molar-refractivity contribution >= 4 is 24.1 Å². The van der Waals surface area contributed by atoms with Crippen LogP contribution in [0, 0.1) is 5.82 Å². The summed E-state index contributed by atoms with van der Waals surface area (Å²) in [7, 11) is 3.74. The standard InChI is InChI=1S/C19H22FN3O2S/c1-13-6-7-14(5-4-10-21-18(24)11-13)22-19(25)16-12-15(26-23(2)3)8-9-17(16)20/h4-10,12,18,24H,11H2,1-3H3,(H,22,25)/b5-4-,13-6+,14-7+,21-10+/t18-/m1/s1. The van der Waals surface area contributed by atoms with Crippen molar-refractivity contribution in [2.75, 3.05) is 14.1 Å². The molecule has 1 atom stereocenters. The summed E-state index contributed by atoms with van der Waals surface area (Å²) in [6.07, 6.45) is 7.84. The fraction of sp³-hybridized carbons (Fsp3) is 0.263. The topological polar surface area (TPSA) is 64.9 Å². The second-order valence-corrected chi connectivity index (χ2v) is 7.36. The van der Waals surface area contributed by atoms with E-state index in [2.05, 4.69) is 10.3 Å². The molecule has 5 nitrogen and oxygen atoms in total. The number of aliphatic imine (C=N–C) groups is 1. The maximum atomic E-state index is 14.1. The van der Waals surface area contributed by atoms with Crippen molar-refractivity contribution in [3.8, 4) is 0 Å². The van der Waals surface area contributed by atoms with Crippen LogP contribution >= 0.6 is 11.9 Å². The van der Waals surface area contributed by atoms with E-state index in [1.54, 1.807) is 30.4 Å². The lowest BCUT2D eigenvalue weighted by molar-refractivity contribution is 0.0963. The van der Waals surface area contributed by atoms with Crippen molar-refractivity contribution in [3.05, 3.63) is 65.2 Å². The van der Waals surface area contributed by atoms with Crippen molar-refractivity contribution in [3.63, 3.8) is 0 Å². The van der Waals surface area contributed by atoms with Crippen LogP contribution in [0.5, 0.6) is 0 Å². The van der Waals surface area contributed by atoms with Gasteiger partial charge in [-0.3, -0.25) is 14.1 Å². The molecule has 0 unspecified atom stereocenters. The molecule has 1 amide bonds. The van der Waals surface area contributed by atoms with Gasteiger partial charge in [0.25, 0.3) is 5.91 Å². The first kappa shape index (κ1) is 20.1. The van der Waals surface area contributed by atoms with Gasteiger partial charge in [0.2, 0.25) is 0 Å². The number of nitrogens with one attached hydrogen (secondary N) is 1. The molecule has 0 saturated carbocycles. The summed E-state index contributed by atoms with van der Waals surface area (Å²) in [5.41, 5.74) is 1.39. The fourth-order valence-corrected chi connectivity index (χ4v) is 2.94. The van der Waals surface area contributed by atoms with Gasteiger partial charge in [0.15, 0.2) is 0 Å². The van der Waals surface area contributed by atoms with Crippen molar-refractivity contribution in [1.29, 1.82) is 0 Å². The molecule has 1 aliphatic heterocycles. The molecule has 0 fully saturated rings. The number of aliphatic hydroxyl groups excluding tert-OH is 1. The zero-order valence-electron chi connectivity index (χ0n) is 14.9. The molecule has 0 aromatic heterocycles. The van der Waals surface area contributed by atoms with E-state index in [-0.39, 0.29) is 5.56 Å². The average molecular weight is 375 g/mol. The van der Waals surface area contributed by atoms with E-state index in [1.807, 2.05) is 25.3 Å². The number of carbonyl (C=O) groups excluding carboxylic acids is 1. The highest BCUT2D eigenvalue weighted by molar-refractivity contribution is 7.97. The number of allylic oxidation sites excluding steroid dienone is 4. The van der Waals surface area contributed by atoms with Gasteiger partial charge in [-0.15, -0.1) is 0 Å². The third-order valence-corrected chi connectivity index (χ3v) is 4.23. The molecule has 0 bridgehead atoms. The van der Waals surface area contributed by atoms with Crippen LogP contribution in [0.1, 0.15) is 23.7 Å². The number of hydrogen-bond acceptors (Lipinski definition) is 5. The van der Waals surface area contributed by atoms with Crippen molar-refractivity contribution < 1.29 is 14.3 Å². The predicted molar refractivity (Wildman–Crippen MR) is 104 cm³/mol. The van der Waals surface area contributed by atoms with E-state index in [4.69, 9.17) is 0 Å². The fourth-order valence-electron chi connectivity index (χ4n) is 2.22. The largest absolute Gasteiger partial charge is 0.371 e. The Balaban J connectivity index is 2.22. The van der Waals surface area contributed by atoms with E-state index in [9.17, 15) is 14.3 Å². The van der Waals surface area contributed by atoms with Gasteiger partial charge < -0.3 is 10.4 Å². The Morgan fingerprint density at radius 3 is 2.88 bits per heavy atom. The van der Waals surface area contributed by atoms with E-state index < -0.39 is 18.0 Å². The first-order valence-corrected chi connectivity index (χ1v) is 8.84. The van der Waals surface area contributed by atoms with Crippen LogP contribution in [0.25, 0.3) is 0 Å². The van der Waals surface area contributed by atoms with Gasteiger partial charge in [-0.1, -0.05) is 11.6 Å². The summed E-state index contributed by atoms with van der Waals surface area (Å²) in [4.78, 5) is 17.2. The molecule has 0 radical (unpaired) electrons. The minimum Gasteiger partial charge on any atom is -0.371 e. The number of aliphatic hydroxyl groups is 1. The Morgan fingerprint density at radius 2 is 2.15 bits per heavy atom. The first-order valence-electron chi connectivity index (χ1n) is 8.06. The third kappa shape index (κ3) is 6.25. The zero-order valence-corrected chi connectivity index (χ0v) is 15.8. The van der Waals surface area contributed by atoms with E-state index in [1.165, 1.54) is 30.3 Å². The molecule has 0 aliphatic carbocycles. The smallest absolute Gasteiger partial charge is 0.258 e. The molecule has 0 saturated heterocycles. The Hall–Kier alpha value is -2.22. The molecule has 1 aromatic rings. The van der Waals surface area contributed by atoms with Gasteiger partial charge in [-0.05, 0) is 69.4 Å². The molecule has 26 heavy (non-hydrogen) atoms. The highest BCUT2D eigenvalue weighted by Crippen LogP contribution is 2.22. The highest BCUT2D eigenvalue weighted by Gasteiger charge is 2.14. The number of rotatable bonds is 4. The second-order valence-electron chi connectivity index (χ2n) is 5.98. The zero-order chi connectivity index (χ0) is 19.1. The average Bonchev–Trinajstić information content (AvgIpc) is 2.57. The number of nitrogens with zero attached hydrogens (tertiary/aromatic N) is 2.